The lowest BCUT2D eigenvalue weighted by Gasteiger charge is -2.36. The van der Waals surface area contributed by atoms with Crippen molar-refractivity contribution in [1.82, 2.24) is 19.8 Å². The fourth-order valence-corrected chi connectivity index (χ4v) is 3.14. The Bertz CT molecular complexity index is 643. The van der Waals surface area contributed by atoms with Crippen LogP contribution in [-0.4, -0.2) is 41.2 Å². The van der Waals surface area contributed by atoms with E-state index in [2.05, 4.69) is 51.9 Å². The molecule has 1 atom stereocenters. The first-order valence-corrected chi connectivity index (χ1v) is 7.74. The Balaban J connectivity index is 0.00000192. The molecule has 2 aromatic rings. The van der Waals surface area contributed by atoms with E-state index >= 15 is 0 Å². The van der Waals surface area contributed by atoms with Gasteiger partial charge in [0.1, 0.15) is 11.6 Å². The van der Waals surface area contributed by atoms with Crippen molar-refractivity contribution < 1.29 is 4.74 Å². The van der Waals surface area contributed by atoms with E-state index in [1.807, 2.05) is 12.4 Å². The van der Waals surface area contributed by atoms with Gasteiger partial charge in [0.05, 0.1) is 13.2 Å². The second-order valence-corrected chi connectivity index (χ2v) is 5.90. The number of hydrogen-bond acceptors (Lipinski definition) is 4. The van der Waals surface area contributed by atoms with Crippen LogP contribution < -0.4 is 10.1 Å². The Morgan fingerprint density at radius 3 is 2.91 bits per heavy atom. The standard InChI is InChI=1S/C17H24N4O.ClH/c1-13-4-5-16(22-3)14(10-13)12-21-9-6-18-11-15(21)17-19-7-8-20(17)2;/h4-5,7-8,10,15,18H,6,9,11-12H2,1-3H3;1H. The van der Waals surface area contributed by atoms with E-state index in [1.54, 1.807) is 7.11 Å². The fourth-order valence-electron chi connectivity index (χ4n) is 3.14. The van der Waals surface area contributed by atoms with E-state index in [0.29, 0.717) is 6.04 Å². The molecule has 1 aromatic heterocycles. The van der Waals surface area contributed by atoms with Gasteiger partial charge in [-0.2, -0.15) is 0 Å². The third-order valence-electron chi connectivity index (χ3n) is 4.32. The zero-order valence-electron chi connectivity index (χ0n) is 14.0. The summed E-state index contributed by atoms with van der Waals surface area (Å²) in [5.41, 5.74) is 2.50. The minimum Gasteiger partial charge on any atom is -0.496 e. The molecule has 0 bridgehead atoms. The van der Waals surface area contributed by atoms with Crippen LogP contribution in [0.4, 0.5) is 0 Å². The molecule has 0 saturated carbocycles. The van der Waals surface area contributed by atoms with Crippen molar-refractivity contribution in [2.24, 2.45) is 7.05 Å². The van der Waals surface area contributed by atoms with Crippen LogP contribution >= 0.6 is 12.4 Å². The highest BCUT2D eigenvalue weighted by atomic mass is 35.5. The Kier molecular flexibility index (Phi) is 6.04. The molecule has 23 heavy (non-hydrogen) atoms. The number of halogens is 1. The van der Waals surface area contributed by atoms with E-state index < -0.39 is 0 Å². The van der Waals surface area contributed by atoms with Gasteiger partial charge < -0.3 is 14.6 Å². The van der Waals surface area contributed by atoms with Crippen LogP contribution in [0.5, 0.6) is 5.75 Å². The zero-order chi connectivity index (χ0) is 15.5. The predicted molar refractivity (Wildman–Crippen MR) is 94.2 cm³/mol. The van der Waals surface area contributed by atoms with E-state index in [0.717, 1.165) is 37.8 Å². The second kappa shape index (κ2) is 7.81. The molecule has 3 rings (SSSR count). The van der Waals surface area contributed by atoms with Crippen LogP contribution in [0.3, 0.4) is 0 Å². The number of ether oxygens (including phenoxy) is 1. The highest BCUT2D eigenvalue weighted by molar-refractivity contribution is 5.85. The maximum absolute atomic E-state index is 5.53. The number of nitrogens with zero attached hydrogens (tertiary/aromatic N) is 3. The van der Waals surface area contributed by atoms with Crippen LogP contribution in [0.15, 0.2) is 30.6 Å². The Morgan fingerprint density at radius 1 is 1.39 bits per heavy atom. The fraction of sp³-hybridized carbons (Fsp3) is 0.471. The summed E-state index contributed by atoms with van der Waals surface area (Å²) in [6, 6.07) is 6.66. The highest BCUT2D eigenvalue weighted by Crippen LogP contribution is 2.27. The van der Waals surface area contributed by atoms with Crippen molar-refractivity contribution in [2.75, 3.05) is 26.7 Å². The van der Waals surface area contributed by atoms with Crippen LogP contribution in [0.25, 0.3) is 0 Å². The molecule has 1 fully saturated rings. The molecule has 6 heteroatoms. The molecule has 1 aromatic carbocycles. The largest absolute Gasteiger partial charge is 0.496 e. The number of imidazole rings is 1. The molecular formula is C17H25ClN4O. The van der Waals surface area contributed by atoms with Gasteiger partial charge in [-0.05, 0) is 13.0 Å². The average molecular weight is 337 g/mol. The third kappa shape index (κ3) is 3.86. The average Bonchev–Trinajstić information content (AvgIpc) is 2.94. The first-order chi connectivity index (χ1) is 10.7. The minimum atomic E-state index is 0. The molecule has 0 radical (unpaired) electrons. The van der Waals surface area contributed by atoms with Crippen LogP contribution in [0, 0.1) is 6.92 Å². The maximum atomic E-state index is 5.53. The summed E-state index contributed by atoms with van der Waals surface area (Å²) < 4.78 is 7.64. The van der Waals surface area contributed by atoms with Crippen molar-refractivity contribution in [3.63, 3.8) is 0 Å². The maximum Gasteiger partial charge on any atom is 0.127 e. The third-order valence-corrected chi connectivity index (χ3v) is 4.32. The molecule has 1 saturated heterocycles. The number of aryl methyl sites for hydroxylation is 2. The molecule has 1 N–H and O–H groups in total. The Morgan fingerprint density at radius 2 is 2.22 bits per heavy atom. The lowest BCUT2D eigenvalue weighted by atomic mass is 10.1. The molecule has 0 spiro atoms. The number of rotatable bonds is 4. The van der Waals surface area contributed by atoms with Gasteiger partial charge in [0.25, 0.3) is 0 Å². The molecule has 0 aliphatic carbocycles. The monoisotopic (exact) mass is 336 g/mol. The van der Waals surface area contributed by atoms with E-state index in [4.69, 9.17) is 4.74 Å². The lowest BCUT2D eigenvalue weighted by molar-refractivity contribution is 0.143. The van der Waals surface area contributed by atoms with Gasteiger partial charge in [0.15, 0.2) is 0 Å². The molecule has 1 aliphatic heterocycles. The second-order valence-electron chi connectivity index (χ2n) is 5.90. The Hall–Kier alpha value is -1.56. The number of nitrogens with one attached hydrogen (secondary N) is 1. The topological polar surface area (TPSA) is 42.3 Å². The molecule has 2 heterocycles. The molecule has 0 amide bonds. The number of piperazine rings is 1. The summed E-state index contributed by atoms with van der Waals surface area (Å²) >= 11 is 0. The van der Waals surface area contributed by atoms with Gasteiger partial charge in [-0.3, -0.25) is 4.90 Å². The number of benzene rings is 1. The van der Waals surface area contributed by atoms with Crippen LogP contribution in [-0.2, 0) is 13.6 Å². The lowest BCUT2D eigenvalue weighted by Crippen LogP contribution is -2.46. The number of hydrogen-bond donors (Lipinski definition) is 1. The SMILES string of the molecule is COc1ccc(C)cc1CN1CCNCC1c1nccn1C.Cl. The molecular weight excluding hydrogens is 312 g/mol. The molecule has 126 valence electrons. The number of methoxy groups -OCH3 is 1. The van der Waals surface area contributed by atoms with Gasteiger partial charge in [-0.1, -0.05) is 17.7 Å². The van der Waals surface area contributed by atoms with Crippen molar-refractivity contribution in [3.8, 4) is 5.75 Å². The van der Waals surface area contributed by atoms with Gasteiger partial charge in [-0.15, -0.1) is 12.4 Å². The minimum absolute atomic E-state index is 0. The summed E-state index contributed by atoms with van der Waals surface area (Å²) in [6.45, 7) is 5.95. The summed E-state index contributed by atoms with van der Waals surface area (Å²) in [5, 5.41) is 3.48. The van der Waals surface area contributed by atoms with Gasteiger partial charge >= 0.3 is 0 Å². The summed E-state index contributed by atoms with van der Waals surface area (Å²) in [6.07, 6.45) is 3.88. The van der Waals surface area contributed by atoms with Crippen molar-refractivity contribution >= 4 is 12.4 Å². The normalized spacial score (nSPS) is 18.5. The van der Waals surface area contributed by atoms with E-state index in [-0.39, 0.29) is 12.4 Å². The zero-order valence-corrected chi connectivity index (χ0v) is 14.8. The molecule has 1 unspecified atom stereocenters. The van der Waals surface area contributed by atoms with Crippen molar-refractivity contribution in [3.05, 3.63) is 47.5 Å². The van der Waals surface area contributed by atoms with E-state index in [9.17, 15) is 0 Å². The first kappa shape index (κ1) is 17.8. The van der Waals surface area contributed by atoms with Crippen LogP contribution in [0.2, 0.25) is 0 Å². The van der Waals surface area contributed by atoms with Crippen LogP contribution in [0.1, 0.15) is 23.0 Å². The Labute approximate surface area is 144 Å². The first-order valence-electron chi connectivity index (χ1n) is 7.74. The molecule has 1 aliphatic rings. The summed E-state index contributed by atoms with van der Waals surface area (Å²) in [5.74, 6) is 2.07. The van der Waals surface area contributed by atoms with Gasteiger partial charge in [-0.25, -0.2) is 4.98 Å². The van der Waals surface area contributed by atoms with Crippen molar-refractivity contribution in [1.29, 1.82) is 0 Å². The molecule has 5 nitrogen and oxygen atoms in total. The van der Waals surface area contributed by atoms with E-state index in [1.165, 1.54) is 11.1 Å². The number of aromatic nitrogens is 2. The summed E-state index contributed by atoms with van der Waals surface area (Å²) in [7, 11) is 3.80. The predicted octanol–water partition coefficient (Wildman–Crippen LogP) is 2.31. The van der Waals surface area contributed by atoms with Gasteiger partial charge in [0, 0.05) is 51.2 Å². The highest BCUT2D eigenvalue weighted by Gasteiger charge is 2.27. The summed E-state index contributed by atoms with van der Waals surface area (Å²) in [4.78, 5) is 7.02. The van der Waals surface area contributed by atoms with Gasteiger partial charge in [0.2, 0.25) is 0 Å². The quantitative estimate of drug-likeness (QED) is 0.930. The smallest absolute Gasteiger partial charge is 0.127 e. The van der Waals surface area contributed by atoms with Crippen molar-refractivity contribution in [2.45, 2.75) is 19.5 Å².